The first-order chi connectivity index (χ1) is 11.7. The first-order valence-corrected chi connectivity index (χ1v) is 8.74. The Hall–Kier alpha value is -0.772. The number of nitrogens with one attached hydrogen (secondary N) is 2. The average Bonchev–Trinajstić information content (AvgIpc) is 2.61. The van der Waals surface area contributed by atoms with Gasteiger partial charge in [-0.15, -0.1) is 0 Å². The van der Waals surface area contributed by atoms with E-state index < -0.39 is 0 Å². The Bertz CT molecular complexity index is 618. The molecule has 4 N–H and O–H groups in total. The van der Waals surface area contributed by atoms with Crippen LogP contribution in [0.3, 0.4) is 0 Å². The van der Waals surface area contributed by atoms with Crippen LogP contribution in [-0.2, 0) is 34.2 Å². The van der Waals surface area contributed by atoms with Crippen molar-refractivity contribution in [2.45, 2.75) is 50.9 Å². The van der Waals surface area contributed by atoms with Crippen LogP contribution >= 0.6 is 0 Å². The molecule has 1 fully saturated rings. The third kappa shape index (κ3) is 7.63. The van der Waals surface area contributed by atoms with Crippen LogP contribution in [0.15, 0.2) is 48.5 Å². The van der Waals surface area contributed by atoms with E-state index in [1.807, 2.05) is 36.4 Å². The largest absolute Gasteiger partial charge is 2.00 e. The molecule has 4 nitrogen and oxygen atoms in total. The van der Waals surface area contributed by atoms with Gasteiger partial charge in [0, 0.05) is 36.3 Å². The minimum absolute atomic E-state index is 0. The number of halogens is 2. The number of hydrogen-bond donors (Lipinski definition) is 4. The topological polar surface area (TPSA) is 64.5 Å². The second-order valence-corrected chi connectivity index (χ2v) is 6.52. The number of benzene rings is 2. The van der Waals surface area contributed by atoms with Crippen LogP contribution in [0.2, 0.25) is 0 Å². The fourth-order valence-electron chi connectivity index (χ4n) is 3.42. The second-order valence-electron chi connectivity index (χ2n) is 6.52. The summed E-state index contributed by atoms with van der Waals surface area (Å²) in [6.07, 6.45) is 4.72. The van der Waals surface area contributed by atoms with Crippen LogP contribution in [0.5, 0.6) is 11.5 Å². The molecular formula is C20H26Cl2N2O2Pt. The molecule has 2 aromatic rings. The summed E-state index contributed by atoms with van der Waals surface area (Å²) in [4.78, 5) is 0. The van der Waals surface area contributed by atoms with Crippen LogP contribution in [0, 0.1) is 0 Å². The fraction of sp³-hybridized carbons (Fsp3) is 0.400. The van der Waals surface area contributed by atoms with Gasteiger partial charge in [-0.05, 0) is 25.0 Å². The molecule has 0 unspecified atom stereocenters. The fourth-order valence-corrected chi connectivity index (χ4v) is 3.42. The third-order valence-electron chi connectivity index (χ3n) is 4.86. The molecule has 0 spiro atoms. The Labute approximate surface area is 188 Å². The normalized spacial score (nSPS) is 18.5. The SMILES string of the molecule is Oc1ccccc1CN[C@@H]1CCCC[C@H]1NCc1ccccc1O.[Cl-].[Cl-].[Pt+2]. The first-order valence-electron chi connectivity index (χ1n) is 8.74. The summed E-state index contributed by atoms with van der Waals surface area (Å²) in [7, 11) is 0. The zero-order valence-electron chi connectivity index (χ0n) is 15.0. The molecule has 27 heavy (non-hydrogen) atoms. The monoisotopic (exact) mass is 591 g/mol. The molecule has 3 rings (SSSR count). The van der Waals surface area contributed by atoms with Crippen LogP contribution in [0.4, 0.5) is 0 Å². The van der Waals surface area contributed by atoms with Gasteiger partial charge in [0.1, 0.15) is 11.5 Å². The quantitative estimate of drug-likeness (QED) is 0.295. The summed E-state index contributed by atoms with van der Waals surface area (Å²) in [5.74, 6) is 0.694. The smallest absolute Gasteiger partial charge is 1.00 e. The van der Waals surface area contributed by atoms with Crippen molar-refractivity contribution >= 4 is 0 Å². The van der Waals surface area contributed by atoms with E-state index >= 15 is 0 Å². The Morgan fingerprint density at radius 1 is 0.704 bits per heavy atom. The summed E-state index contributed by atoms with van der Waals surface area (Å²) in [6, 6.07) is 15.7. The minimum Gasteiger partial charge on any atom is -1.00 e. The van der Waals surface area contributed by atoms with E-state index in [2.05, 4.69) is 10.6 Å². The van der Waals surface area contributed by atoms with Gasteiger partial charge in [-0.3, -0.25) is 0 Å². The molecule has 0 saturated heterocycles. The van der Waals surface area contributed by atoms with E-state index in [1.165, 1.54) is 12.8 Å². The number of hydrogen-bond acceptors (Lipinski definition) is 4. The van der Waals surface area contributed by atoms with Gasteiger partial charge in [0.15, 0.2) is 0 Å². The molecule has 1 saturated carbocycles. The minimum atomic E-state index is 0. The summed E-state index contributed by atoms with van der Waals surface area (Å²) in [5, 5.41) is 27.0. The molecule has 2 atom stereocenters. The van der Waals surface area contributed by atoms with Crippen molar-refractivity contribution in [3.63, 3.8) is 0 Å². The van der Waals surface area contributed by atoms with E-state index in [4.69, 9.17) is 0 Å². The molecule has 0 aromatic heterocycles. The number of phenolic OH excluding ortho intramolecular Hbond substituents is 2. The molecule has 7 heteroatoms. The number of para-hydroxylation sites is 2. The molecule has 152 valence electrons. The van der Waals surface area contributed by atoms with Gasteiger partial charge in [0.05, 0.1) is 0 Å². The van der Waals surface area contributed by atoms with Crippen LogP contribution in [-0.4, -0.2) is 22.3 Å². The van der Waals surface area contributed by atoms with Gasteiger partial charge in [0.2, 0.25) is 0 Å². The van der Waals surface area contributed by atoms with Crippen molar-refractivity contribution in [2.24, 2.45) is 0 Å². The summed E-state index contributed by atoms with van der Waals surface area (Å²) in [6.45, 7) is 1.35. The summed E-state index contributed by atoms with van der Waals surface area (Å²) >= 11 is 0. The Balaban J connectivity index is 0.00000225. The van der Waals surface area contributed by atoms with Crippen molar-refractivity contribution in [2.75, 3.05) is 0 Å². The molecule has 0 heterocycles. The van der Waals surface area contributed by atoms with Crippen molar-refractivity contribution in [1.29, 1.82) is 0 Å². The Morgan fingerprint density at radius 2 is 1.07 bits per heavy atom. The number of rotatable bonds is 6. The van der Waals surface area contributed by atoms with Crippen molar-refractivity contribution in [3.05, 3.63) is 59.7 Å². The van der Waals surface area contributed by atoms with Crippen LogP contribution in [0.25, 0.3) is 0 Å². The van der Waals surface area contributed by atoms with E-state index in [0.717, 1.165) is 24.0 Å². The van der Waals surface area contributed by atoms with E-state index in [-0.39, 0.29) is 45.9 Å². The van der Waals surface area contributed by atoms with Crippen molar-refractivity contribution in [1.82, 2.24) is 10.6 Å². The van der Waals surface area contributed by atoms with E-state index in [1.54, 1.807) is 12.1 Å². The second kappa shape index (κ2) is 13.4. The molecule has 1 aliphatic rings. The van der Waals surface area contributed by atoms with Gasteiger partial charge in [-0.1, -0.05) is 49.2 Å². The predicted octanol–water partition coefficient (Wildman–Crippen LogP) is -2.71. The van der Waals surface area contributed by atoms with Crippen molar-refractivity contribution in [3.8, 4) is 11.5 Å². The maximum Gasteiger partial charge on any atom is 2.00 e. The predicted molar refractivity (Wildman–Crippen MR) is 95.9 cm³/mol. The van der Waals surface area contributed by atoms with Gasteiger partial charge in [-0.25, -0.2) is 0 Å². The maximum atomic E-state index is 9.91. The molecule has 0 aliphatic heterocycles. The van der Waals surface area contributed by atoms with Gasteiger partial charge >= 0.3 is 21.1 Å². The molecule has 0 amide bonds. The Kier molecular flexibility index (Phi) is 13.0. The number of aromatic hydroxyl groups is 2. The van der Waals surface area contributed by atoms with Gasteiger partial charge in [-0.2, -0.15) is 0 Å². The zero-order chi connectivity index (χ0) is 16.8. The third-order valence-corrected chi connectivity index (χ3v) is 4.86. The molecule has 0 radical (unpaired) electrons. The van der Waals surface area contributed by atoms with Gasteiger partial charge < -0.3 is 45.7 Å². The molecular weight excluding hydrogens is 566 g/mol. The number of phenols is 2. The molecule has 1 aliphatic carbocycles. The van der Waals surface area contributed by atoms with E-state index in [0.29, 0.717) is 36.7 Å². The van der Waals surface area contributed by atoms with Crippen LogP contribution < -0.4 is 35.4 Å². The summed E-state index contributed by atoms with van der Waals surface area (Å²) in [5.41, 5.74) is 1.87. The molecule has 2 aromatic carbocycles. The van der Waals surface area contributed by atoms with Gasteiger partial charge in [0.25, 0.3) is 0 Å². The van der Waals surface area contributed by atoms with E-state index in [9.17, 15) is 10.2 Å². The average molecular weight is 592 g/mol. The Morgan fingerprint density at radius 3 is 1.44 bits per heavy atom. The zero-order valence-corrected chi connectivity index (χ0v) is 18.8. The van der Waals surface area contributed by atoms with Crippen LogP contribution in [0.1, 0.15) is 36.8 Å². The summed E-state index contributed by atoms with van der Waals surface area (Å²) < 4.78 is 0. The van der Waals surface area contributed by atoms with Crippen molar-refractivity contribution < 1.29 is 56.1 Å². The molecule has 0 bridgehead atoms. The standard InChI is InChI=1S/C20H26N2O2.2ClH.Pt/c23-19-11-5-1-7-15(19)13-21-17-9-3-4-10-18(17)22-14-16-8-2-6-12-20(16)24;;;/h1-2,5-8,11-12,17-18,21-24H,3-4,9-10,13-14H2;2*1H;/q;;;+2/p-2/t17-,18-;;;/m1.../s1. The maximum absolute atomic E-state index is 9.91. The first kappa shape index (κ1) is 26.2.